The minimum atomic E-state index is -0.286. The predicted octanol–water partition coefficient (Wildman–Crippen LogP) is 2.98. The second-order valence-electron chi connectivity index (χ2n) is 6.62. The van der Waals surface area contributed by atoms with Gasteiger partial charge in [-0.1, -0.05) is 38.5 Å². The van der Waals surface area contributed by atoms with E-state index < -0.39 is 0 Å². The molecule has 2 aliphatic rings. The largest absolute Gasteiger partial charge is 0.352 e. The third kappa shape index (κ3) is 4.20. The van der Waals surface area contributed by atoms with E-state index >= 15 is 0 Å². The summed E-state index contributed by atoms with van der Waals surface area (Å²) in [6, 6.07) is 0.00813. The molecular formula is C16H30N2O. The quantitative estimate of drug-likeness (QED) is 0.822. The number of nitrogens with two attached hydrogens (primary N) is 1. The molecule has 0 radical (unpaired) electrons. The number of hydrogen-bond donors (Lipinski definition) is 2. The van der Waals surface area contributed by atoms with Gasteiger partial charge in [0.2, 0.25) is 5.91 Å². The van der Waals surface area contributed by atoms with Crippen molar-refractivity contribution in [1.29, 1.82) is 0 Å². The van der Waals surface area contributed by atoms with Crippen LogP contribution in [0.25, 0.3) is 0 Å². The van der Waals surface area contributed by atoms with Crippen molar-refractivity contribution in [3.05, 3.63) is 0 Å². The van der Waals surface area contributed by atoms with Crippen LogP contribution >= 0.6 is 0 Å². The van der Waals surface area contributed by atoms with Crippen LogP contribution in [0.5, 0.6) is 0 Å². The Hall–Kier alpha value is -0.570. The Morgan fingerprint density at radius 3 is 1.95 bits per heavy atom. The Morgan fingerprint density at radius 1 is 0.947 bits per heavy atom. The van der Waals surface area contributed by atoms with Crippen LogP contribution in [-0.2, 0) is 4.79 Å². The SMILES string of the molecule is CC(NC(=O)C(N)C1CCCCC1)C1CCCCC1. The molecule has 110 valence electrons. The van der Waals surface area contributed by atoms with E-state index in [-0.39, 0.29) is 11.9 Å². The van der Waals surface area contributed by atoms with Crippen LogP contribution in [0.3, 0.4) is 0 Å². The minimum absolute atomic E-state index is 0.0879. The second-order valence-corrected chi connectivity index (χ2v) is 6.62. The van der Waals surface area contributed by atoms with E-state index in [1.807, 2.05) is 0 Å². The van der Waals surface area contributed by atoms with E-state index in [9.17, 15) is 4.79 Å². The Balaban J connectivity index is 1.78. The molecule has 2 aliphatic carbocycles. The molecular weight excluding hydrogens is 236 g/mol. The first-order valence-corrected chi connectivity index (χ1v) is 8.24. The first-order chi connectivity index (χ1) is 9.18. The number of nitrogens with one attached hydrogen (secondary N) is 1. The average molecular weight is 266 g/mol. The highest BCUT2D eigenvalue weighted by Gasteiger charge is 2.28. The summed E-state index contributed by atoms with van der Waals surface area (Å²) in [6.45, 7) is 2.15. The fraction of sp³-hybridized carbons (Fsp3) is 0.938. The summed E-state index contributed by atoms with van der Waals surface area (Å²) in [5.41, 5.74) is 6.16. The van der Waals surface area contributed by atoms with Crippen LogP contribution in [0.15, 0.2) is 0 Å². The van der Waals surface area contributed by atoms with Crippen LogP contribution in [0.2, 0.25) is 0 Å². The summed E-state index contributed by atoms with van der Waals surface area (Å²) in [6.07, 6.45) is 12.6. The zero-order valence-electron chi connectivity index (χ0n) is 12.4. The number of rotatable bonds is 4. The van der Waals surface area contributed by atoms with Crippen molar-refractivity contribution in [1.82, 2.24) is 5.32 Å². The number of carbonyl (C=O) groups excluding carboxylic acids is 1. The van der Waals surface area contributed by atoms with Crippen LogP contribution in [0.1, 0.15) is 71.1 Å². The van der Waals surface area contributed by atoms with Gasteiger partial charge in [0.15, 0.2) is 0 Å². The Labute approximate surface area is 117 Å². The van der Waals surface area contributed by atoms with Gasteiger partial charge in [-0.15, -0.1) is 0 Å². The third-order valence-electron chi connectivity index (χ3n) is 5.19. The molecule has 0 aromatic heterocycles. The summed E-state index contributed by atoms with van der Waals surface area (Å²) in [5, 5.41) is 3.18. The normalized spacial score (nSPS) is 25.8. The Morgan fingerprint density at radius 2 is 1.42 bits per heavy atom. The van der Waals surface area contributed by atoms with E-state index in [1.54, 1.807) is 0 Å². The third-order valence-corrected chi connectivity index (χ3v) is 5.19. The lowest BCUT2D eigenvalue weighted by atomic mass is 9.82. The lowest BCUT2D eigenvalue weighted by molar-refractivity contribution is -0.124. The van der Waals surface area contributed by atoms with Gasteiger partial charge in [0.05, 0.1) is 6.04 Å². The fourth-order valence-corrected chi connectivity index (χ4v) is 3.78. The smallest absolute Gasteiger partial charge is 0.237 e. The maximum Gasteiger partial charge on any atom is 0.237 e. The molecule has 0 aromatic carbocycles. The molecule has 2 saturated carbocycles. The van der Waals surface area contributed by atoms with E-state index in [1.165, 1.54) is 51.4 Å². The van der Waals surface area contributed by atoms with Gasteiger partial charge in [0.25, 0.3) is 0 Å². The predicted molar refractivity (Wildman–Crippen MR) is 78.7 cm³/mol. The molecule has 2 fully saturated rings. The molecule has 0 aromatic rings. The monoisotopic (exact) mass is 266 g/mol. The molecule has 2 atom stereocenters. The van der Waals surface area contributed by atoms with E-state index in [2.05, 4.69) is 12.2 Å². The molecule has 0 heterocycles. The molecule has 0 spiro atoms. The zero-order chi connectivity index (χ0) is 13.7. The van der Waals surface area contributed by atoms with Gasteiger partial charge in [-0.05, 0) is 44.4 Å². The van der Waals surface area contributed by atoms with Crippen LogP contribution in [-0.4, -0.2) is 18.0 Å². The summed E-state index contributed by atoms with van der Waals surface area (Å²) in [7, 11) is 0. The Bertz CT molecular complexity index is 280. The molecule has 19 heavy (non-hydrogen) atoms. The van der Waals surface area contributed by atoms with Crippen LogP contribution in [0.4, 0.5) is 0 Å². The van der Waals surface area contributed by atoms with Crippen molar-refractivity contribution in [2.45, 2.75) is 83.2 Å². The second kappa shape index (κ2) is 7.28. The lowest BCUT2D eigenvalue weighted by Gasteiger charge is -2.31. The van der Waals surface area contributed by atoms with Gasteiger partial charge < -0.3 is 11.1 Å². The van der Waals surface area contributed by atoms with Crippen molar-refractivity contribution in [2.75, 3.05) is 0 Å². The van der Waals surface area contributed by atoms with Gasteiger partial charge in [-0.3, -0.25) is 4.79 Å². The summed E-state index contributed by atoms with van der Waals surface area (Å²) < 4.78 is 0. The van der Waals surface area contributed by atoms with Gasteiger partial charge in [0.1, 0.15) is 0 Å². The molecule has 2 rings (SSSR count). The fourth-order valence-electron chi connectivity index (χ4n) is 3.78. The maximum absolute atomic E-state index is 12.3. The van der Waals surface area contributed by atoms with Gasteiger partial charge in [0, 0.05) is 6.04 Å². The molecule has 2 unspecified atom stereocenters. The van der Waals surface area contributed by atoms with E-state index in [4.69, 9.17) is 5.73 Å². The highest BCUT2D eigenvalue weighted by molar-refractivity contribution is 5.82. The topological polar surface area (TPSA) is 55.1 Å². The van der Waals surface area contributed by atoms with Crippen molar-refractivity contribution in [3.8, 4) is 0 Å². The van der Waals surface area contributed by atoms with Crippen molar-refractivity contribution < 1.29 is 4.79 Å². The molecule has 0 aliphatic heterocycles. The standard InChI is InChI=1S/C16H30N2O/c1-12(13-8-4-2-5-9-13)18-16(19)15(17)14-10-6-3-7-11-14/h12-15H,2-11,17H2,1H3,(H,18,19). The summed E-state index contributed by atoms with van der Waals surface area (Å²) in [5.74, 6) is 1.16. The minimum Gasteiger partial charge on any atom is -0.352 e. The van der Waals surface area contributed by atoms with Crippen LogP contribution in [0, 0.1) is 11.8 Å². The molecule has 0 saturated heterocycles. The molecule has 3 heteroatoms. The van der Waals surface area contributed by atoms with E-state index in [0.717, 1.165) is 12.8 Å². The van der Waals surface area contributed by atoms with Crippen molar-refractivity contribution >= 4 is 5.91 Å². The highest BCUT2D eigenvalue weighted by atomic mass is 16.2. The number of amides is 1. The van der Waals surface area contributed by atoms with Gasteiger partial charge >= 0.3 is 0 Å². The van der Waals surface area contributed by atoms with E-state index in [0.29, 0.717) is 17.9 Å². The van der Waals surface area contributed by atoms with Gasteiger partial charge in [-0.2, -0.15) is 0 Å². The van der Waals surface area contributed by atoms with Crippen LogP contribution < -0.4 is 11.1 Å². The number of carbonyl (C=O) groups is 1. The Kier molecular flexibility index (Phi) is 5.68. The van der Waals surface area contributed by atoms with Crippen molar-refractivity contribution in [3.63, 3.8) is 0 Å². The zero-order valence-corrected chi connectivity index (χ0v) is 12.4. The highest BCUT2D eigenvalue weighted by Crippen LogP contribution is 2.28. The van der Waals surface area contributed by atoms with Gasteiger partial charge in [-0.25, -0.2) is 0 Å². The maximum atomic E-state index is 12.3. The lowest BCUT2D eigenvalue weighted by Crippen LogP contribution is -2.50. The molecule has 3 nitrogen and oxygen atoms in total. The molecule has 0 bridgehead atoms. The molecule has 3 N–H and O–H groups in total. The number of hydrogen-bond acceptors (Lipinski definition) is 2. The average Bonchev–Trinajstić information content (AvgIpc) is 2.48. The first-order valence-electron chi connectivity index (χ1n) is 8.24. The molecule has 1 amide bonds. The first kappa shape index (κ1) is 14.8. The summed E-state index contributed by atoms with van der Waals surface area (Å²) in [4.78, 5) is 12.3. The summed E-state index contributed by atoms with van der Waals surface area (Å²) >= 11 is 0. The van der Waals surface area contributed by atoms with Crippen molar-refractivity contribution in [2.24, 2.45) is 17.6 Å².